The SMILES string of the molecule is CN(CC(=O)NCc1ccccc1)Cc1ccc(Cl)cc1Cl. The molecule has 5 heteroatoms. The van der Waals surface area contributed by atoms with Gasteiger partial charge in [0.2, 0.25) is 5.91 Å². The molecule has 0 spiro atoms. The molecule has 0 fully saturated rings. The largest absolute Gasteiger partial charge is 0.351 e. The molecular formula is C17H18Cl2N2O. The third-order valence-corrected chi connectivity index (χ3v) is 3.79. The van der Waals surface area contributed by atoms with Crippen molar-refractivity contribution in [3.8, 4) is 0 Å². The van der Waals surface area contributed by atoms with Crippen molar-refractivity contribution in [2.45, 2.75) is 13.1 Å². The van der Waals surface area contributed by atoms with Crippen molar-refractivity contribution in [3.05, 3.63) is 69.7 Å². The molecule has 0 unspecified atom stereocenters. The molecule has 3 nitrogen and oxygen atoms in total. The quantitative estimate of drug-likeness (QED) is 0.871. The van der Waals surface area contributed by atoms with Crippen LogP contribution in [0.1, 0.15) is 11.1 Å². The number of hydrogen-bond acceptors (Lipinski definition) is 2. The zero-order chi connectivity index (χ0) is 15.9. The van der Waals surface area contributed by atoms with Crippen LogP contribution in [0.3, 0.4) is 0 Å². The fourth-order valence-corrected chi connectivity index (χ4v) is 2.56. The lowest BCUT2D eigenvalue weighted by Gasteiger charge is -2.17. The topological polar surface area (TPSA) is 32.3 Å². The molecule has 2 aromatic carbocycles. The van der Waals surface area contributed by atoms with Gasteiger partial charge < -0.3 is 5.32 Å². The van der Waals surface area contributed by atoms with Crippen molar-refractivity contribution >= 4 is 29.1 Å². The minimum absolute atomic E-state index is 0.0172. The van der Waals surface area contributed by atoms with Crippen LogP contribution >= 0.6 is 23.2 Å². The van der Waals surface area contributed by atoms with Gasteiger partial charge in [0.15, 0.2) is 0 Å². The Morgan fingerprint density at radius 2 is 1.86 bits per heavy atom. The van der Waals surface area contributed by atoms with E-state index in [4.69, 9.17) is 23.2 Å². The molecule has 0 saturated carbocycles. The Bertz CT molecular complexity index is 632. The minimum atomic E-state index is -0.0172. The zero-order valence-corrected chi connectivity index (χ0v) is 13.9. The molecule has 0 aliphatic carbocycles. The van der Waals surface area contributed by atoms with Crippen LogP contribution in [0.2, 0.25) is 10.0 Å². The van der Waals surface area contributed by atoms with Crippen LogP contribution < -0.4 is 5.32 Å². The third kappa shape index (κ3) is 5.34. The second kappa shape index (κ2) is 8.18. The van der Waals surface area contributed by atoms with Crippen LogP contribution in [0.5, 0.6) is 0 Å². The van der Waals surface area contributed by atoms with Gasteiger partial charge >= 0.3 is 0 Å². The van der Waals surface area contributed by atoms with Crippen LogP contribution in [-0.2, 0) is 17.9 Å². The van der Waals surface area contributed by atoms with Crippen molar-refractivity contribution in [2.24, 2.45) is 0 Å². The number of hydrogen-bond donors (Lipinski definition) is 1. The first-order valence-electron chi connectivity index (χ1n) is 6.97. The van der Waals surface area contributed by atoms with E-state index in [0.29, 0.717) is 29.7 Å². The van der Waals surface area contributed by atoms with Crippen LogP contribution in [0, 0.1) is 0 Å². The molecule has 0 radical (unpaired) electrons. The summed E-state index contributed by atoms with van der Waals surface area (Å²) in [6.07, 6.45) is 0. The number of amides is 1. The molecule has 0 aliphatic heterocycles. The van der Waals surface area contributed by atoms with Gasteiger partial charge in [0.25, 0.3) is 0 Å². The van der Waals surface area contributed by atoms with Gasteiger partial charge in [-0.3, -0.25) is 9.69 Å². The number of rotatable bonds is 6. The van der Waals surface area contributed by atoms with Crippen molar-refractivity contribution in [1.82, 2.24) is 10.2 Å². The zero-order valence-electron chi connectivity index (χ0n) is 12.4. The Kier molecular flexibility index (Phi) is 6.25. The van der Waals surface area contributed by atoms with E-state index in [1.54, 1.807) is 12.1 Å². The molecular weight excluding hydrogens is 319 g/mol. The molecule has 1 amide bonds. The Balaban J connectivity index is 1.81. The minimum Gasteiger partial charge on any atom is -0.351 e. The molecule has 22 heavy (non-hydrogen) atoms. The number of likely N-dealkylation sites (N-methyl/N-ethyl adjacent to an activating group) is 1. The highest BCUT2D eigenvalue weighted by atomic mass is 35.5. The van der Waals surface area contributed by atoms with Gasteiger partial charge in [-0.15, -0.1) is 0 Å². The maximum Gasteiger partial charge on any atom is 0.234 e. The average Bonchev–Trinajstić information content (AvgIpc) is 2.49. The van der Waals surface area contributed by atoms with Gasteiger partial charge in [-0.25, -0.2) is 0 Å². The van der Waals surface area contributed by atoms with Crippen LogP contribution in [0.15, 0.2) is 48.5 Å². The summed E-state index contributed by atoms with van der Waals surface area (Å²) in [7, 11) is 1.88. The smallest absolute Gasteiger partial charge is 0.234 e. The highest BCUT2D eigenvalue weighted by Crippen LogP contribution is 2.21. The molecule has 116 valence electrons. The fraction of sp³-hybridized carbons (Fsp3) is 0.235. The maximum absolute atomic E-state index is 11.9. The number of nitrogens with zero attached hydrogens (tertiary/aromatic N) is 1. The monoisotopic (exact) mass is 336 g/mol. The van der Waals surface area contributed by atoms with E-state index in [9.17, 15) is 4.79 Å². The Labute approximate surface area is 140 Å². The predicted octanol–water partition coefficient (Wildman–Crippen LogP) is 3.74. The summed E-state index contributed by atoms with van der Waals surface area (Å²) in [6, 6.07) is 15.2. The lowest BCUT2D eigenvalue weighted by Crippen LogP contribution is -2.34. The van der Waals surface area contributed by atoms with Crippen LogP contribution in [0.4, 0.5) is 0 Å². The van der Waals surface area contributed by atoms with E-state index in [1.165, 1.54) is 0 Å². The lowest BCUT2D eigenvalue weighted by molar-refractivity contribution is -0.122. The van der Waals surface area contributed by atoms with Gasteiger partial charge in [0.05, 0.1) is 6.54 Å². The van der Waals surface area contributed by atoms with E-state index >= 15 is 0 Å². The van der Waals surface area contributed by atoms with Crippen molar-refractivity contribution in [3.63, 3.8) is 0 Å². The number of nitrogens with one attached hydrogen (secondary N) is 1. The summed E-state index contributed by atoms with van der Waals surface area (Å²) in [6.45, 7) is 1.44. The summed E-state index contributed by atoms with van der Waals surface area (Å²) >= 11 is 12.0. The van der Waals surface area contributed by atoms with Crippen LogP contribution in [0.25, 0.3) is 0 Å². The molecule has 1 N–H and O–H groups in total. The molecule has 2 rings (SSSR count). The Morgan fingerprint density at radius 3 is 2.55 bits per heavy atom. The Morgan fingerprint density at radius 1 is 1.14 bits per heavy atom. The van der Waals surface area contributed by atoms with E-state index in [0.717, 1.165) is 11.1 Å². The number of halogens is 2. The second-order valence-corrected chi connectivity index (χ2v) is 6.01. The third-order valence-electron chi connectivity index (χ3n) is 3.20. The van der Waals surface area contributed by atoms with E-state index in [-0.39, 0.29) is 5.91 Å². The maximum atomic E-state index is 11.9. The van der Waals surface area contributed by atoms with E-state index in [1.807, 2.05) is 48.3 Å². The second-order valence-electron chi connectivity index (χ2n) is 5.17. The van der Waals surface area contributed by atoms with Gasteiger partial charge in [-0.2, -0.15) is 0 Å². The average molecular weight is 337 g/mol. The Hall–Kier alpha value is -1.55. The number of benzene rings is 2. The molecule has 2 aromatic rings. The first kappa shape index (κ1) is 16.8. The molecule has 0 saturated heterocycles. The summed E-state index contributed by atoms with van der Waals surface area (Å²) in [5.74, 6) is -0.0172. The van der Waals surface area contributed by atoms with Crippen molar-refractivity contribution in [2.75, 3.05) is 13.6 Å². The van der Waals surface area contributed by atoms with Crippen molar-refractivity contribution in [1.29, 1.82) is 0 Å². The normalized spacial score (nSPS) is 10.7. The molecule has 0 bridgehead atoms. The van der Waals surface area contributed by atoms with Gasteiger partial charge in [-0.05, 0) is 30.3 Å². The summed E-state index contributed by atoms with van der Waals surface area (Å²) in [5, 5.41) is 4.13. The first-order chi connectivity index (χ1) is 10.5. The van der Waals surface area contributed by atoms with E-state index in [2.05, 4.69) is 5.32 Å². The summed E-state index contributed by atoms with van der Waals surface area (Å²) < 4.78 is 0. The highest BCUT2D eigenvalue weighted by molar-refractivity contribution is 6.35. The number of carbonyl (C=O) groups excluding carboxylic acids is 1. The molecule has 0 aromatic heterocycles. The standard InChI is InChI=1S/C17H18Cl2N2O/c1-21(11-14-7-8-15(18)9-16(14)19)12-17(22)20-10-13-5-3-2-4-6-13/h2-9H,10-12H2,1H3,(H,20,22). The molecule has 0 heterocycles. The molecule has 0 atom stereocenters. The van der Waals surface area contributed by atoms with Crippen LogP contribution in [-0.4, -0.2) is 24.4 Å². The first-order valence-corrected chi connectivity index (χ1v) is 7.73. The molecule has 0 aliphatic rings. The number of carbonyl (C=O) groups is 1. The lowest BCUT2D eigenvalue weighted by atomic mass is 10.2. The van der Waals surface area contributed by atoms with Gasteiger partial charge in [0, 0.05) is 23.1 Å². The van der Waals surface area contributed by atoms with E-state index < -0.39 is 0 Å². The highest BCUT2D eigenvalue weighted by Gasteiger charge is 2.09. The van der Waals surface area contributed by atoms with Gasteiger partial charge in [-0.1, -0.05) is 59.6 Å². The van der Waals surface area contributed by atoms with Crippen molar-refractivity contribution < 1.29 is 4.79 Å². The predicted molar refractivity (Wildman–Crippen MR) is 91.1 cm³/mol. The summed E-state index contributed by atoms with van der Waals surface area (Å²) in [4.78, 5) is 13.9. The summed E-state index contributed by atoms with van der Waals surface area (Å²) in [5.41, 5.74) is 2.03. The van der Waals surface area contributed by atoms with Gasteiger partial charge in [0.1, 0.15) is 0 Å². The fourth-order valence-electron chi connectivity index (χ4n) is 2.09.